The maximum Gasteiger partial charge on any atom is 0.163 e. The third-order valence-electron chi connectivity index (χ3n) is 1.42. The number of hydrogen-bond donors (Lipinski definition) is 1. The van der Waals surface area contributed by atoms with Gasteiger partial charge in [0, 0.05) is 22.3 Å². The van der Waals surface area contributed by atoms with Gasteiger partial charge in [-0.2, -0.15) is 5.10 Å². The number of nitrogens with zero attached hydrogens (tertiary/aromatic N) is 3. The van der Waals surface area contributed by atoms with Crippen LogP contribution < -0.4 is 4.34 Å². The lowest BCUT2D eigenvalue weighted by atomic mass is 10.5. The Kier molecular flexibility index (Phi) is 1.50. The van der Waals surface area contributed by atoms with Gasteiger partial charge in [0.05, 0.1) is 0 Å². The summed E-state index contributed by atoms with van der Waals surface area (Å²) in [5, 5.41) is 3.99. The standard InChI is InChI=1S/C6H5BrN4/c7-10-6-5-2-1-3-11(5)9-4-8-6/h1-4H,(H,8,9,10). The molecule has 2 aromatic heterocycles. The number of halogens is 1. The minimum atomic E-state index is 0.769. The molecule has 0 saturated heterocycles. The first-order chi connectivity index (χ1) is 5.42. The van der Waals surface area contributed by atoms with Crippen LogP contribution in [0.25, 0.3) is 5.52 Å². The molecule has 56 valence electrons. The molecule has 0 radical (unpaired) electrons. The zero-order chi connectivity index (χ0) is 7.68. The lowest BCUT2D eigenvalue weighted by Gasteiger charge is -1.97. The second-order valence-corrected chi connectivity index (χ2v) is 2.44. The van der Waals surface area contributed by atoms with Crippen LogP contribution in [0.4, 0.5) is 5.82 Å². The van der Waals surface area contributed by atoms with Crippen molar-refractivity contribution >= 4 is 27.5 Å². The second-order valence-electron chi connectivity index (χ2n) is 2.04. The number of aromatic nitrogens is 3. The van der Waals surface area contributed by atoms with Crippen LogP contribution in [0.1, 0.15) is 0 Å². The molecule has 0 aliphatic carbocycles. The molecular weight excluding hydrogens is 208 g/mol. The van der Waals surface area contributed by atoms with E-state index in [4.69, 9.17) is 0 Å². The highest BCUT2D eigenvalue weighted by atomic mass is 79.9. The van der Waals surface area contributed by atoms with Crippen molar-refractivity contribution in [3.05, 3.63) is 24.7 Å². The van der Waals surface area contributed by atoms with E-state index in [1.807, 2.05) is 18.3 Å². The predicted molar refractivity (Wildman–Crippen MR) is 45.5 cm³/mol. The van der Waals surface area contributed by atoms with Gasteiger partial charge in [-0.1, -0.05) is 0 Å². The van der Waals surface area contributed by atoms with E-state index in [0.29, 0.717) is 0 Å². The van der Waals surface area contributed by atoms with Crippen molar-refractivity contribution in [2.24, 2.45) is 0 Å². The molecule has 4 nitrogen and oxygen atoms in total. The Morgan fingerprint density at radius 2 is 2.45 bits per heavy atom. The van der Waals surface area contributed by atoms with Crippen molar-refractivity contribution < 1.29 is 0 Å². The molecule has 2 rings (SSSR count). The average Bonchev–Trinajstić information content (AvgIpc) is 2.50. The molecular formula is C6H5BrN4. The molecule has 0 unspecified atom stereocenters. The highest BCUT2D eigenvalue weighted by Gasteiger charge is 1.98. The molecule has 0 aromatic carbocycles. The summed E-state index contributed by atoms with van der Waals surface area (Å²) >= 11 is 3.11. The van der Waals surface area contributed by atoms with Gasteiger partial charge >= 0.3 is 0 Å². The van der Waals surface area contributed by atoms with Crippen LogP contribution in [-0.4, -0.2) is 14.6 Å². The smallest absolute Gasteiger partial charge is 0.163 e. The molecule has 2 heterocycles. The van der Waals surface area contributed by atoms with E-state index >= 15 is 0 Å². The summed E-state index contributed by atoms with van der Waals surface area (Å²) in [5.41, 5.74) is 0.948. The maximum atomic E-state index is 4.01. The van der Waals surface area contributed by atoms with Gasteiger partial charge in [-0.25, -0.2) is 9.50 Å². The van der Waals surface area contributed by atoms with Gasteiger partial charge in [0.25, 0.3) is 0 Å². The van der Waals surface area contributed by atoms with E-state index < -0.39 is 0 Å². The molecule has 5 heteroatoms. The first kappa shape index (κ1) is 6.60. The van der Waals surface area contributed by atoms with Crippen LogP contribution in [0.3, 0.4) is 0 Å². The summed E-state index contributed by atoms with van der Waals surface area (Å²) < 4.78 is 4.54. The second kappa shape index (κ2) is 2.50. The summed E-state index contributed by atoms with van der Waals surface area (Å²) in [4.78, 5) is 4.01. The van der Waals surface area contributed by atoms with E-state index in [2.05, 4.69) is 30.6 Å². The van der Waals surface area contributed by atoms with Crippen molar-refractivity contribution in [2.75, 3.05) is 4.34 Å². The van der Waals surface area contributed by atoms with E-state index in [1.165, 1.54) is 6.33 Å². The molecule has 0 fully saturated rings. The minimum Gasteiger partial charge on any atom is -0.305 e. The lowest BCUT2D eigenvalue weighted by molar-refractivity contribution is 0.908. The molecule has 0 amide bonds. The third-order valence-corrected chi connectivity index (χ3v) is 1.80. The van der Waals surface area contributed by atoms with Gasteiger partial charge in [-0.3, -0.25) is 0 Å². The normalized spacial score (nSPS) is 10.3. The Morgan fingerprint density at radius 3 is 3.27 bits per heavy atom. The largest absolute Gasteiger partial charge is 0.305 e. The van der Waals surface area contributed by atoms with Gasteiger partial charge < -0.3 is 4.34 Å². The SMILES string of the molecule is BrNc1ncnn2cccc12. The monoisotopic (exact) mass is 212 g/mol. The number of hydrogen-bond acceptors (Lipinski definition) is 3. The number of anilines is 1. The summed E-state index contributed by atoms with van der Waals surface area (Å²) in [6.45, 7) is 0. The van der Waals surface area contributed by atoms with E-state index in [-0.39, 0.29) is 0 Å². The fourth-order valence-corrected chi connectivity index (χ4v) is 1.24. The molecule has 2 aromatic rings. The Balaban J connectivity index is 2.79. The number of fused-ring (bicyclic) bond motifs is 1. The molecule has 0 bridgehead atoms. The van der Waals surface area contributed by atoms with Gasteiger partial charge in [0.15, 0.2) is 5.82 Å². The van der Waals surface area contributed by atoms with Crippen molar-refractivity contribution in [1.29, 1.82) is 0 Å². The molecule has 11 heavy (non-hydrogen) atoms. The molecule has 0 atom stereocenters. The molecule has 0 spiro atoms. The summed E-state index contributed by atoms with van der Waals surface area (Å²) in [7, 11) is 0. The van der Waals surface area contributed by atoms with Gasteiger partial charge in [0.1, 0.15) is 11.8 Å². The highest BCUT2D eigenvalue weighted by molar-refractivity contribution is 9.10. The Hall–Kier alpha value is -1.10. The van der Waals surface area contributed by atoms with E-state index in [1.54, 1.807) is 4.52 Å². The first-order valence-electron chi connectivity index (χ1n) is 3.07. The predicted octanol–water partition coefficient (Wildman–Crippen LogP) is 1.45. The van der Waals surface area contributed by atoms with E-state index in [0.717, 1.165) is 11.3 Å². The summed E-state index contributed by atoms with van der Waals surface area (Å²) in [6, 6.07) is 3.85. The van der Waals surface area contributed by atoms with E-state index in [9.17, 15) is 0 Å². The van der Waals surface area contributed by atoms with Crippen molar-refractivity contribution in [3.8, 4) is 0 Å². The Bertz CT molecular complexity index is 369. The quantitative estimate of drug-likeness (QED) is 0.729. The van der Waals surface area contributed by atoms with Gasteiger partial charge in [0.2, 0.25) is 0 Å². The number of rotatable bonds is 1. The molecule has 0 aliphatic rings. The van der Waals surface area contributed by atoms with Gasteiger partial charge in [-0.05, 0) is 12.1 Å². The van der Waals surface area contributed by atoms with Crippen LogP contribution in [0.15, 0.2) is 24.7 Å². The fraction of sp³-hybridized carbons (Fsp3) is 0. The molecule has 0 saturated carbocycles. The first-order valence-corrected chi connectivity index (χ1v) is 3.86. The van der Waals surface area contributed by atoms with Crippen LogP contribution >= 0.6 is 16.1 Å². The molecule has 0 aliphatic heterocycles. The third kappa shape index (κ3) is 0.970. The zero-order valence-corrected chi connectivity index (χ0v) is 7.12. The van der Waals surface area contributed by atoms with Crippen molar-refractivity contribution in [2.45, 2.75) is 0 Å². The summed E-state index contributed by atoms with van der Waals surface area (Å²) in [5.74, 6) is 0.769. The van der Waals surface area contributed by atoms with Crippen LogP contribution in [0.5, 0.6) is 0 Å². The lowest BCUT2D eigenvalue weighted by Crippen LogP contribution is -1.94. The minimum absolute atomic E-state index is 0.769. The van der Waals surface area contributed by atoms with Crippen LogP contribution in [0, 0.1) is 0 Å². The summed E-state index contributed by atoms with van der Waals surface area (Å²) in [6.07, 6.45) is 3.36. The van der Waals surface area contributed by atoms with Crippen molar-refractivity contribution in [1.82, 2.24) is 14.6 Å². The van der Waals surface area contributed by atoms with Crippen LogP contribution in [-0.2, 0) is 0 Å². The van der Waals surface area contributed by atoms with Gasteiger partial charge in [-0.15, -0.1) is 0 Å². The molecule has 1 N–H and O–H groups in total. The van der Waals surface area contributed by atoms with Crippen LogP contribution in [0.2, 0.25) is 0 Å². The zero-order valence-electron chi connectivity index (χ0n) is 5.53. The average molecular weight is 213 g/mol. The Labute approximate surface area is 71.6 Å². The highest BCUT2D eigenvalue weighted by Crippen LogP contribution is 2.12. The maximum absolute atomic E-state index is 4.01. The topological polar surface area (TPSA) is 42.2 Å². The van der Waals surface area contributed by atoms with Crippen molar-refractivity contribution in [3.63, 3.8) is 0 Å². The fourth-order valence-electron chi connectivity index (χ4n) is 0.939. The Morgan fingerprint density at radius 1 is 1.55 bits per heavy atom. The number of nitrogens with one attached hydrogen (secondary N) is 1.